The van der Waals surface area contributed by atoms with Gasteiger partial charge in [0.05, 0.1) is 16.2 Å². The first-order chi connectivity index (χ1) is 7.31. The van der Waals surface area contributed by atoms with Crippen LogP contribution in [-0.4, -0.2) is 17.0 Å². The average Bonchev–Trinajstić information content (AvgIpc) is 2.85. The van der Waals surface area contributed by atoms with Crippen LogP contribution in [-0.2, 0) is 6.42 Å². The number of hydrogen-bond acceptors (Lipinski definition) is 5. The maximum Gasteiger partial charge on any atom is 0.0944 e. The van der Waals surface area contributed by atoms with E-state index in [4.69, 9.17) is 0 Å². The highest BCUT2D eigenvalue weighted by Gasteiger charge is 2.15. The number of rotatable bonds is 4. The summed E-state index contributed by atoms with van der Waals surface area (Å²) in [6.07, 6.45) is 2.80. The molecule has 2 heterocycles. The van der Waals surface area contributed by atoms with Gasteiger partial charge in [0.2, 0.25) is 0 Å². The Labute approximate surface area is 97.2 Å². The van der Waals surface area contributed by atoms with Crippen molar-refractivity contribution in [2.24, 2.45) is 0 Å². The highest BCUT2D eigenvalue weighted by Crippen LogP contribution is 2.25. The van der Waals surface area contributed by atoms with Gasteiger partial charge in [-0.05, 0) is 14.0 Å². The van der Waals surface area contributed by atoms with E-state index in [9.17, 15) is 0 Å². The Morgan fingerprint density at radius 1 is 1.40 bits per heavy atom. The molecule has 0 bridgehead atoms. The van der Waals surface area contributed by atoms with Gasteiger partial charge < -0.3 is 5.32 Å². The first-order valence-corrected chi connectivity index (χ1v) is 6.53. The summed E-state index contributed by atoms with van der Waals surface area (Å²) in [5, 5.41) is 6.50. The lowest BCUT2D eigenvalue weighted by Crippen LogP contribution is -2.18. The van der Waals surface area contributed by atoms with E-state index in [0.717, 1.165) is 12.1 Å². The van der Waals surface area contributed by atoms with Crippen LogP contribution in [0.4, 0.5) is 0 Å². The minimum absolute atomic E-state index is 0.337. The Bertz CT molecular complexity index is 408. The summed E-state index contributed by atoms with van der Waals surface area (Å²) in [5.41, 5.74) is 3.02. The molecule has 3 nitrogen and oxygen atoms in total. The summed E-state index contributed by atoms with van der Waals surface area (Å²) in [5.74, 6) is 0. The zero-order chi connectivity index (χ0) is 10.7. The molecule has 2 aromatic heterocycles. The highest BCUT2D eigenvalue weighted by atomic mass is 32.1. The number of thiazole rings is 2. The molecule has 0 amide bonds. The molecule has 1 unspecified atom stereocenters. The summed E-state index contributed by atoms with van der Waals surface area (Å²) in [6, 6.07) is 0.337. The summed E-state index contributed by atoms with van der Waals surface area (Å²) in [7, 11) is 1.98. The Morgan fingerprint density at radius 3 is 2.80 bits per heavy atom. The molecule has 0 saturated heterocycles. The third-order valence-electron chi connectivity index (χ3n) is 2.31. The van der Waals surface area contributed by atoms with E-state index in [0.29, 0.717) is 6.04 Å². The molecule has 0 aliphatic carbocycles. The molecule has 1 N–H and O–H groups in total. The molecular weight excluding hydrogens is 226 g/mol. The van der Waals surface area contributed by atoms with Crippen LogP contribution in [0, 0.1) is 6.92 Å². The zero-order valence-corrected chi connectivity index (χ0v) is 10.4. The second-order valence-corrected chi connectivity index (χ2v) is 5.14. The fourth-order valence-corrected chi connectivity index (χ4v) is 3.08. The van der Waals surface area contributed by atoms with Crippen molar-refractivity contribution in [2.75, 3.05) is 7.05 Å². The van der Waals surface area contributed by atoms with Crippen molar-refractivity contribution in [1.82, 2.24) is 15.3 Å². The SMILES string of the molecule is CNC(Cc1nccs1)c1scnc1C. The first kappa shape index (κ1) is 10.7. The molecule has 15 heavy (non-hydrogen) atoms. The molecule has 0 aromatic carbocycles. The van der Waals surface area contributed by atoms with E-state index in [-0.39, 0.29) is 0 Å². The van der Waals surface area contributed by atoms with Crippen LogP contribution in [0.2, 0.25) is 0 Å². The lowest BCUT2D eigenvalue weighted by Gasteiger charge is -2.13. The van der Waals surface area contributed by atoms with Crippen molar-refractivity contribution in [1.29, 1.82) is 0 Å². The van der Waals surface area contributed by atoms with E-state index >= 15 is 0 Å². The lowest BCUT2D eigenvalue weighted by atomic mass is 10.1. The molecule has 0 aliphatic rings. The van der Waals surface area contributed by atoms with Gasteiger partial charge in [0, 0.05) is 28.9 Å². The third-order valence-corrected chi connectivity index (χ3v) is 4.16. The van der Waals surface area contributed by atoms with E-state index in [1.54, 1.807) is 22.7 Å². The Balaban J connectivity index is 2.15. The number of nitrogens with one attached hydrogen (secondary N) is 1. The predicted molar refractivity (Wildman–Crippen MR) is 64.5 cm³/mol. The minimum Gasteiger partial charge on any atom is -0.312 e. The summed E-state index contributed by atoms with van der Waals surface area (Å²) in [6.45, 7) is 2.05. The van der Waals surface area contributed by atoms with Gasteiger partial charge >= 0.3 is 0 Å². The lowest BCUT2D eigenvalue weighted by molar-refractivity contribution is 0.596. The van der Waals surface area contributed by atoms with Crippen molar-refractivity contribution in [3.05, 3.63) is 32.7 Å². The van der Waals surface area contributed by atoms with Gasteiger partial charge in [-0.2, -0.15) is 0 Å². The van der Waals surface area contributed by atoms with Gasteiger partial charge in [-0.15, -0.1) is 22.7 Å². The number of aryl methyl sites for hydroxylation is 1. The van der Waals surface area contributed by atoms with Gasteiger partial charge in [-0.25, -0.2) is 9.97 Å². The minimum atomic E-state index is 0.337. The van der Waals surface area contributed by atoms with Crippen molar-refractivity contribution < 1.29 is 0 Å². The van der Waals surface area contributed by atoms with Crippen molar-refractivity contribution >= 4 is 22.7 Å². The normalized spacial score (nSPS) is 12.9. The van der Waals surface area contributed by atoms with Crippen LogP contribution in [0.3, 0.4) is 0 Å². The largest absolute Gasteiger partial charge is 0.312 e. The molecule has 2 rings (SSSR count). The van der Waals surface area contributed by atoms with Crippen LogP contribution < -0.4 is 5.32 Å². The van der Waals surface area contributed by atoms with Gasteiger partial charge in [0.15, 0.2) is 0 Å². The number of likely N-dealkylation sites (N-methyl/N-ethyl adjacent to an activating group) is 1. The Kier molecular flexibility index (Phi) is 3.45. The molecule has 0 spiro atoms. The van der Waals surface area contributed by atoms with Gasteiger partial charge in [-0.1, -0.05) is 0 Å². The maximum absolute atomic E-state index is 4.31. The fraction of sp³-hybridized carbons (Fsp3) is 0.400. The van der Waals surface area contributed by atoms with E-state index < -0.39 is 0 Å². The quantitative estimate of drug-likeness (QED) is 0.890. The standard InChI is InChI=1S/C10H13N3S2/c1-7-10(15-6-13-7)8(11-2)5-9-12-3-4-14-9/h3-4,6,8,11H,5H2,1-2H3. The maximum atomic E-state index is 4.31. The first-order valence-electron chi connectivity index (χ1n) is 4.77. The van der Waals surface area contributed by atoms with E-state index in [2.05, 4.69) is 22.2 Å². The molecule has 0 radical (unpaired) electrons. The Morgan fingerprint density at radius 2 is 2.27 bits per heavy atom. The highest BCUT2D eigenvalue weighted by molar-refractivity contribution is 7.10. The zero-order valence-electron chi connectivity index (χ0n) is 8.73. The van der Waals surface area contributed by atoms with Crippen molar-refractivity contribution in [2.45, 2.75) is 19.4 Å². The second-order valence-electron chi connectivity index (χ2n) is 3.27. The average molecular weight is 239 g/mol. The van der Waals surface area contributed by atoms with E-state index in [1.165, 1.54) is 9.88 Å². The smallest absolute Gasteiger partial charge is 0.0944 e. The van der Waals surface area contributed by atoms with Gasteiger partial charge in [-0.3, -0.25) is 0 Å². The molecule has 5 heteroatoms. The van der Waals surface area contributed by atoms with E-state index in [1.807, 2.05) is 24.1 Å². The monoisotopic (exact) mass is 239 g/mol. The topological polar surface area (TPSA) is 37.8 Å². The molecule has 0 aliphatic heterocycles. The van der Waals surface area contributed by atoms with Crippen molar-refractivity contribution in [3.63, 3.8) is 0 Å². The summed E-state index contributed by atoms with van der Waals surface area (Å²) >= 11 is 3.41. The number of nitrogens with zero attached hydrogens (tertiary/aromatic N) is 2. The predicted octanol–water partition coefficient (Wildman–Crippen LogP) is 2.41. The molecule has 1 atom stereocenters. The van der Waals surface area contributed by atoms with Crippen LogP contribution in [0.5, 0.6) is 0 Å². The molecular formula is C10H13N3S2. The number of aromatic nitrogens is 2. The molecule has 2 aromatic rings. The molecule has 0 saturated carbocycles. The number of hydrogen-bond donors (Lipinski definition) is 1. The molecule has 80 valence electrons. The van der Waals surface area contributed by atoms with Crippen LogP contribution in [0.15, 0.2) is 17.1 Å². The third kappa shape index (κ3) is 2.42. The van der Waals surface area contributed by atoms with Crippen LogP contribution in [0.25, 0.3) is 0 Å². The van der Waals surface area contributed by atoms with Crippen LogP contribution in [0.1, 0.15) is 21.6 Å². The summed E-state index contributed by atoms with van der Waals surface area (Å²) in [4.78, 5) is 9.90. The Hall–Kier alpha value is -0.780. The summed E-state index contributed by atoms with van der Waals surface area (Å²) < 4.78 is 0. The second kappa shape index (κ2) is 4.83. The van der Waals surface area contributed by atoms with Gasteiger partial charge in [0.25, 0.3) is 0 Å². The van der Waals surface area contributed by atoms with Crippen molar-refractivity contribution in [3.8, 4) is 0 Å². The van der Waals surface area contributed by atoms with Crippen LogP contribution >= 0.6 is 22.7 Å². The van der Waals surface area contributed by atoms with Gasteiger partial charge in [0.1, 0.15) is 0 Å². The molecule has 0 fully saturated rings. The fourth-order valence-electron chi connectivity index (χ4n) is 1.50.